The van der Waals surface area contributed by atoms with Gasteiger partial charge in [0.25, 0.3) is 11.8 Å². The van der Waals surface area contributed by atoms with Crippen molar-refractivity contribution < 1.29 is 23.9 Å². The number of hydrogen-bond donors (Lipinski definition) is 2. The lowest BCUT2D eigenvalue weighted by Gasteiger charge is -2.48. The molecule has 4 aliphatic heterocycles. The summed E-state index contributed by atoms with van der Waals surface area (Å²) in [5, 5.41) is 7.95. The minimum absolute atomic E-state index is 0.0942. The molecule has 0 radical (unpaired) electrons. The van der Waals surface area contributed by atoms with Gasteiger partial charge < -0.3 is 15.4 Å². The second kappa shape index (κ2) is 14.8. The van der Waals surface area contributed by atoms with Crippen LogP contribution in [-0.2, 0) is 16.1 Å². The molecule has 4 aromatic carbocycles. The second-order valence-electron chi connectivity index (χ2n) is 15.7. The Morgan fingerprint density at radius 2 is 1.51 bits per heavy atom. The van der Waals surface area contributed by atoms with Crippen LogP contribution in [0.25, 0.3) is 22.3 Å². The molecular weight excluding hydrogens is 747 g/mol. The van der Waals surface area contributed by atoms with Crippen molar-refractivity contribution in [3.63, 3.8) is 0 Å². The number of imide groups is 2. The molecule has 4 amide bonds. The highest BCUT2D eigenvalue weighted by atomic mass is 16.5. The van der Waals surface area contributed by atoms with Crippen LogP contribution in [0.3, 0.4) is 0 Å². The lowest BCUT2D eigenvalue weighted by Crippen LogP contribution is -2.60. The standard InChI is InChI=1S/C45H41N9O5/c46-41-39-40(30-10-13-34(14-11-30)59-33-4-2-1-3-5-33)50-53(42(39)48-26-47-41)23-27-6-8-28(9-7-27)29-18-20-51(21-19-29)32-24-52(25-32)31-12-15-35-36(22-31)45(58)54(44(35)57)37-16-17-38(55)49-43(37)56/h1-15,22,26,29,32,37H,16-21,23-25H2,(H2,46,47,48)(H,49,55,56). The van der Waals surface area contributed by atoms with Crippen molar-refractivity contribution >= 4 is 46.2 Å². The van der Waals surface area contributed by atoms with E-state index in [-0.39, 0.29) is 18.7 Å². The van der Waals surface area contributed by atoms with Gasteiger partial charge in [-0.1, -0.05) is 42.5 Å². The van der Waals surface area contributed by atoms with E-state index in [1.165, 1.54) is 11.9 Å². The third-order valence-electron chi connectivity index (χ3n) is 12.1. The molecule has 10 rings (SSSR count). The number of carbonyl (C=O) groups is 4. The number of nitrogens with zero attached hydrogens (tertiary/aromatic N) is 7. The predicted molar refractivity (Wildman–Crippen MR) is 220 cm³/mol. The smallest absolute Gasteiger partial charge is 0.262 e. The third-order valence-corrected chi connectivity index (χ3v) is 12.1. The Kier molecular flexibility index (Phi) is 9.12. The maximum Gasteiger partial charge on any atom is 0.262 e. The molecule has 3 saturated heterocycles. The van der Waals surface area contributed by atoms with Crippen LogP contribution < -0.4 is 20.7 Å². The quantitative estimate of drug-likeness (QED) is 0.180. The highest BCUT2D eigenvalue weighted by Crippen LogP contribution is 2.36. The topological polar surface area (TPSA) is 169 Å². The van der Waals surface area contributed by atoms with Crippen molar-refractivity contribution in [2.24, 2.45) is 0 Å². The number of carbonyl (C=O) groups excluding carboxylic acids is 4. The van der Waals surface area contributed by atoms with Crippen LogP contribution in [0.1, 0.15) is 63.4 Å². The molecule has 0 aliphatic carbocycles. The zero-order valence-electron chi connectivity index (χ0n) is 32.2. The van der Waals surface area contributed by atoms with Gasteiger partial charge in [0.05, 0.1) is 23.1 Å². The van der Waals surface area contributed by atoms with Gasteiger partial charge in [0, 0.05) is 36.8 Å². The number of benzene rings is 4. The van der Waals surface area contributed by atoms with Crippen LogP contribution in [0, 0.1) is 0 Å². The number of amides is 4. The van der Waals surface area contributed by atoms with E-state index in [0.717, 1.165) is 83.3 Å². The van der Waals surface area contributed by atoms with Gasteiger partial charge >= 0.3 is 0 Å². The van der Waals surface area contributed by atoms with E-state index in [9.17, 15) is 19.2 Å². The van der Waals surface area contributed by atoms with E-state index < -0.39 is 23.8 Å². The number of hydrogen-bond acceptors (Lipinski definition) is 11. The second-order valence-corrected chi connectivity index (χ2v) is 15.7. The first-order valence-electron chi connectivity index (χ1n) is 20.0. The Hall–Kier alpha value is -6.93. The van der Waals surface area contributed by atoms with Crippen molar-refractivity contribution in [1.29, 1.82) is 0 Å². The summed E-state index contributed by atoms with van der Waals surface area (Å²) in [6, 6.07) is 31.1. The van der Waals surface area contributed by atoms with Gasteiger partial charge in [0.15, 0.2) is 5.65 Å². The van der Waals surface area contributed by atoms with E-state index in [4.69, 9.17) is 15.6 Å². The Labute approximate surface area is 339 Å². The first-order chi connectivity index (χ1) is 28.8. The summed E-state index contributed by atoms with van der Waals surface area (Å²) in [6.07, 6.45) is 3.85. The Bertz CT molecular complexity index is 2620. The van der Waals surface area contributed by atoms with Crippen molar-refractivity contribution in [2.45, 2.75) is 50.2 Å². The van der Waals surface area contributed by atoms with Gasteiger partial charge in [-0.05, 0) is 104 Å². The van der Waals surface area contributed by atoms with Crippen LogP contribution in [0.5, 0.6) is 11.5 Å². The SMILES string of the molecule is Nc1ncnc2c1c(-c1ccc(Oc3ccccc3)cc1)nn2Cc1ccc(C2CCN(C3CN(c4ccc5c(c4)C(=O)N(C4CCC(=O)NC4=O)C5=O)C3)CC2)cc1. The number of nitrogen functional groups attached to an aromatic ring is 1. The summed E-state index contributed by atoms with van der Waals surface area (Å²) in [5.74, 6) is 0.390. The summed E-state index contributed by atoms with van der Waals surface area (Å²) in [5.41, 5.74) is 12.6. The fraction of sp³-hybridized carbons (Fsp3) is 0.267. The molecule has 296 valence electrons. The molecule has 14 nitrogen and oxygen atoms in total. The fourth-order valence-corrected chi connectivity index (χ4v) is 8.87. The summed E-state index contributed by atoms with van der Waals surface area (Å²) in [4.78, 5) is 65.2. The summed E-state index contributed by atoms with van der Waals surface area (Å²) < 4.78 is 7.88. The number of anilines is 2. The minimum Gasteiger partial charge on any atom is -0.457 e. The Morgan fingerprint density at radius 3 is 2.25 bits per heavy atom. The zero-order chi connectivity index (χ0) is 40.2. The summed E-state index contributed by atoms with van der Waals surface area (Å²) >= 11 is 0. The zero-order valence-corrected chi connectivity index (χ0v) is 32.2. The molecule has 0 saturated carbocycles. The number of likely N-dealkylation sites (tertiary alicyclic amines) is 1. The summed E-state index contributed by atoms with van der Waals surface area (Å²) in [7, 11) is 0. The molecule has 3 fully saturated rings. The first-order valence-corrected chi connectivity index (χ1v) is 20.0. The molecule has 2 aromatic heterocycles. The average molecular weight is 788 g/mol. The van der Waals surface area contributed by atoms with Crippen LogP contribution in [-0.4, -0.2) is 91.4 Å². The van der Waals surface area contributed by atoms with E-state index in [1.54, 1.807) is 12.1 Å². The van der Waals surface area contributed by atoms with E-state index in [1.807, 2.05) is 65.3 Å². The highest BCUT2D eigenvalue weighted by molar-refractivity contribution is 6.23. The number of para-hydroxylation sites is 1. The third kappa shape index (κ3) is 6.74. The maximum atomic E-state index is 13.3. The molecule has 6 aromatic rings. The van der Waals surface area contributed by atoms with Gasteiger partial charge in [-0.15, -0.1) is 0 Å². The Morgan fingerprint density at radius 1 is 0.780 bits per heavy atom. The number of ether oxygens (including phenoxy) is 1. The van der Waals surface area contributed by atoms with Crippen LogP contribution >= 0.6 is 0 Å². The molecule has 14 heteroatoms. The van der Waals surface area contributed by atoms with Crippen LogP contribution in [0.2, 0.25) is 0 Å². The van der Waals surface area contributed by atoms with Crippen LogP contribution in [0.15, 0.2) is 103 Å². The number of fused-ring (bicyclic) bond motifs is 2. The fourth-order valence-electron chi connectivity index (χ4n) is 8.87. The molecule has 59 heavy (non-hydrogen) atoms. The first kappa shape index (κ1) is 36.4. The van der Waals surface area contributed by atoms with Gasteiger partial charge in [-0.2, -0.15) is 5.10 Å². The van der Waals surface area contributed by atoms with Crippen LogP contribution in [0.4, 0.5) is 11.5 Å². The van der Waals surface area contributed by atoms with Crippen molar-refractivity contribution in [1.82, 2.24) is 34.9 Å². The molecule has 1 unspecified atom stereocenters. The highest BCUT2D eigenvalue weighted by Gasteiger charge is 2.45. The number of nitrogens with two attached hydrogens (primary N) is 1. The number of rotatable bonds is 9. The molecule has 1 atom stereocenters. The Balaban J connectivity index is 0.748. The number of aromatic nitrogens is 4. The number of nitrogens with one attached hydrogen (secondary N) is 1. The van der Waals surface area contributed by atoms with Crippen molar-refractivity contribution in [2.75, 3.05) is 36.8 Å². The largest absolute Gasteiger partial charge is 0.457 e. The van der Waals surface area contributed by atoms with E-state index >= 15 is 0 Å². The molecule has 6 heterocycles. The number of piperidine rings is 2. The van der Waals surface area contributed by atoms with Gasteiger partial charge in [0.2, 0.25) is 11.8 Å². The van der Waals surface area contributed by atoms with Crippen molar-refractivity contribution in [3.05, 3.63) is 126 Å². The van der Waals surface area contributed by atoms with Gasteiger partial charge in [-0.25, -0.2) is 14.6 Å². The average Bonchev–Trinajstić information content (AvgIpc) is 3.72. The minimum atomic E-state index is -0.970. The summed E-state index contributed by atoms with van der Waals surface area (Å²) in [6.45, 7) is 4.22. The molecule has 0 bridgehead atoms. The monoisotopic (exact) mass is 787 g/mol. The molecular formula is C45H41N9O5. The lowest BCUT2D eigenvalue weighted by molar-refractivity contribution is -0.136. The van der Waals surface area contributed by atoms with E-state index in [2.05, 4.69) is 49.4 Å². The van der Waals surface area contributed by atoms with Crippen molar-refractivity contribution in [3.8, 4) is 22.8 Å². The predicted octanol–water partition coefficient (Wildman–Crippen LogP) is 5.39. The lowest BCUT2D eigenvalue weighted by atomic mass is 9.87. The molecule has 3 N–H and O–H groups in total. The van der Waals surface area contributed by atoms with Gasteiger partial charge in [-0.3, -0.25) is 34.3 Å². The molecule has 0 spiro atoms. The van der Waals surface area contributed by atoms with Gasteiger partial charge in [0.1, 0.15) is 35.4 Å². The maximum absolute atomic E-state index is 13.3. The van der Waals surface area contributed by atoms with E-state index in [0.29, 0.717) is 41.1 Å². The molecule has 4 aliphatic rings. The normalized spacial score (nSPS) is 18.9.